The molecule has 0 bridgehead atoms. The molecule has 14 heavy (non-hydrogen) atoms. The lowest BCUT2D eigenvalue weighted by atomic mass is 9.97. The van der Waals surface area contributed by atoms with Crippen LogP contribution in [0.25, 0.3) is 0 Å². The Balaban J connectivity index is 0.000000791. The number of benzene rings is 1. The summed E-state index contributed by atoms with van der Waals surface area (Å²) in [6.45, 7) is 3.98. The zero-order chi connectivity index (χ0) is 11.1. The molecule has 1 rings (SSSR count). The first-order valence-corrected chi connectivity index (χ1v) is 4.33. The molecule has 0 aliphatic rings. The molecule has 0 spiro atoms. The fraction of sp³-hybridized carbons (Fsp3) is 0.364. The molecule has 0 saturated carbocycles. The van der Waals surface area contributed by atoms with Crippen molar-refractivity contribution >= 4 is 5.97 Å². The Morgan fingerprint density at radius 2 is 1.79 bits per heavy atom. The van der Waals surface area contributed by atoms with Gasteiger partial charge >= 0.3 is 5.97 Å². The third kappa shape index (κ3) is 3.17. The molecular formula is C11H15FO2. The van der Waals surface area contributed by atoms with Gasteiger partial charge in [-0.2, -0.15) is 0 Å². The Bertz CT molecular complexity index is 295. The molecule has 1 N–H and O–H groups in total. The molecule has 0 fully saturated rings. The third-order valence-corrected chi connectivity index (χ3v) is 1.81. The van der Waals surface area contributed by atoms with Crippen LogP contribution < -0.4 is 0 Å². The number of carboxylic acids is 1. The summed E-state index contributed by atoms with van der Waals surface area (Å²) in [5.74, 6) is -0.586. The van der Waals surface area contributed by atoms with Gasteiger partial charge in [-0.3, -0.25) is 4.39 Å². The summed E-state index contributed by atoms with van der Waals surface area (Å²) in [6.07, 6.45) is 0. The summed E-state index contributed by atoms with van der Waals surface area (Å²) >= 11 is 0. The van der Waals surface area contributed by atoms with Crippen LogP contribution in [-0.4, -0.2) is 18.3 Å². The number of hydrogen-bond donors (Lipinski definition) is 1. The monoisotopic (exact) mass is 198 g/mol. The van der Waals surface area contributed by atoms with Crippen LogP contribution in [-0.2, 0) is 0 Å². The molecule has 1 aromatic rings. The van der Waals surface area contributed by atoms with Crippen molar-refractivity contribution in [3.8, 4) is 0 Å². The number of halogens is 1. The first-order chi connectivity index (χ1) is 6.63. The molecule has 0 radical (unpaired) electrons. The number of aromatic carboxylic acids is 1. The van der Waals surface area contributed by atoms with Crippen LogP contribution in [0.2, 0.25) is 0 Å². The third-order valence-electron chi connectivity index (χ3n) is 1.81. The van der Waals surface area contributed by atoms with Gasteiger partial charge in [0.05, 0.1) is 12.7 Å². The van der Waals surface area contributed by atoms with Gasteiger partial charge in [-0.25, -0.2) is 4.79 Å². The van der Waals surface area contributed by atoms with Crippen LogP contribution in [0.5, 0.6) is 0 Å². The molecule has 3 heteroatoms. The second kappa shape index (κ2) is 6.13. The van der Waals surface area contributed by atoms with E-state index in [1.54, 1.807) is 12.1 Å². The average molecular weight is 198 g/mol. The van der Waals surface area contributed by atoms with E-state index in [4.69, 9.17) is 5.11 Å². The van der Waals surface area contributed by atoms with Crippen molar-refractivity contribution < 1.29 is 14.3 Å². The van der Waals surface area contributed by atoms with E-state index in [0.717, 1.165) is 5.56 Å². The Morgan fingerprint density at radius 3 is 2.14 bits per heavy atom. The second-order valence-electron chi connectivity index (χ2n) is 3.05. The van der Waals surface area contributed by atoms with Crippen LogP contribution in [0.3, 0.4) is 0 Å². The molecule has 0 unspecified atom stereocenters. The van der Waals surface area contributed by atoms with Gasteiger partial charge in [-0.15, -0.1) is 0 Å². The summed E-state index contributed by atoms with van der Waals surface area (Å²) < 4.78 is 9.50. The van der Waals surface area contributed by atoms with Gasteiger partial charge in [0.25, 0.3) is 0 Å². The van der Waals surface area contributed by atoms with E-state index >= 15 is 0 Å². The van der Waals surface area contributed by atoms with Crippen molar-refractivity contribution in [1.82, 2.24) is 0 Å². The van der Waals surface area contributed by atoms with Crippen molar-refractivity contribution in [2.75, 3.05) is 7.18 Å². The summed E-state index contributed by atoms with van der Waals surface area (Å²) in [5, 5.41) is 8.81. The molecule has 0 atom stereocenters. The lowest BCUT2D eigenvalue weighted by Crippen LogP contribution is -2.02. The molecule has 0 aromatic heterocycles. The van der Waals surface area contributed by atoms with E-state index < -0.39 is 5.97 Å². The molecule has 78 valence electrons. The zero-order valence-corrected chi connectivity index (χ0v) is 8.62. The van der Waals surface area contributed by atoms with Crippen LogP contribution in [0.1, 0.15) is 35.7 Å². The highest BCUT2D eigenvalue weighted by Gasteiger charge is 2.10. The van der Waals surface area contributed by atoms with Gasteiger partial charge in [0.2, 0.25) is 0 Å². The summed E-state index contributed by atoms with van der Waals surface area (Å²) in [6, 6.07) is 7.10. The predicted octanol–water partition coefficient (Wildman–Crippen LogP) is 3.09. The maximum absolute atomic E-state index is 10.7. The summed E-state index contributed by atoms with van der Waals surface area (Å²) in [7, 11) is 0.500. The van der Waals surface area contributed by atoms with Crippen LogP contribution in [0.15, 0.2) is 24.3 Å². The van der Waals surface area contributed by atoms with Gasteiger partial charge in [0, 0.05) is 0 Å². The number of alkyl halides is 1. The van der Waals surface area contributed by atoms with Gasteiger partial charge in [0.15, 0.2) is 0 Å². The molecule has 0 heterocycles. The fourth-order valence-corrected chi connectivity index (χ4v) is 1.20. The molecule has 0 amide bonds. The molecule has 1 aromatic carbocycles. The minimum atomic E-state index is -0.848. The van der Waals surface area contributed by atoms with Gasteiger partial charge in [-0.1, -0.05) is 32.0 Å². The predicted molar refractivity (Wildman–Crippen MR) is 54.5 cm³/mol. The molecule has 2 nitrogen and oxygen atoms in total. The Morgan fingerprint density at radius 1 is 1.29 bits per heavy atom. The van der Waals surface area contributed by atoms with E-state index in [0.29, 0.717) is 12.7 Å². The highest BCUT2D eigenvalue weighted by atomic mass is 19.1. The standard InChI is InChI=1S/C10H12O2.CH3F/c1-7(2)8-5-3-4-6-9(8)10(11)12;1-2/h3-7H,1-2H3,(H,11,12);1H3. The SMILES string of the molecule is CC(C)c1ccccc1C(=O)O.CF. The quantitative estimate of drug-likeness (QED) is 0.792. The average Bonchev–Trinajstić information content (AvgIpc) is 2.20. The largest absolute Gasteiger partial charge is 0.478 e. The van der Waals surface area contributed by atoms with Crippen molar-refractivity contribution in [2.24, 2.45) is 0 Å². The molecular weight excluding hydrogens is 183 g/mol. The van der Waals surface area contributed by atoms with Crippen LogP contribution >= 0.6 is 0 Å². The summed E-state index contributed by atoms with van der Waals surface area (Å²) in [5.41, 5.74) is 1.30. The zero-order valence-electron chi connectivity index (χ0n) is 8.62. The smallest absolute Gasteiger partial charge is 0.335 e. The Hall–Kier alpha value is -1.38. The molecule has 0 saturated heterocycles. The van der Waals surface area contributed by atoms with Crippen molar-refractivity contribution in [1.29, 1.82) is 0 Å². The van der Waals surface area contributed by atoms with Gasteiger partial charge in [-0.05, 0) is 17.5 Å². The van der Waals surface area contributed by atoms with E-state index in [1.165, 1.54) is 0 Å². The topological polar surface area (TPSA) is 37.3 Å². The highest BCUT2D eigenvalue weighted by Crippen LogP contribution is 2.18. The molecule has 0 aliphatic carbocycles. The number of carbonyl (C=O) groups is 1. The highest BCUT2D eigenvalue weighted by molar-refractivity contribution is 5.89. The van der Waals surface area contributed by atoms with Crippen LogP contribution in [0.4, 0.5) is 4.39 Å². The Labute approximate surface area is 83.4 Å². The normalized spacial score (nSPS) is 9.21. The Kier molecular flexibility index (Phi) is 5.53. The fourth-order valence-electron chi connectivity index (χ4n) is 1.20. The number of rotatable bonds is 2. The van der Waals surface area contributed by atoms with E-state index in [9.17, 15) is 9.18 Å². The lowest BCUT2D eigenvalue weighted by molar-refractivity contribution is 0.0695. The number of carboxylic acid groups (broad SMARTS) is 1. The maximum Gasteiger partial charge on any atom is 0.335 e. The van der Waals surface area contributed by atoms with Crippen molar-refractivity contribution in [2.45, 2.75) is 19.8 Å². The van der Waals surface area contributed by atoms with Gasteiger partial charge in [0.1, 0.15) is 0 Å². The first kappa shape index (κ1) is 12.6. The van der Waals surface area contributed by atoms with Crippen molar-refractivity contribution in [3.05, 3.63) is 35.4 Å². The van der Waals surface area contributed by atoms with Gasteiger partial charge < -0.3 is 5.11 Å². The van der Waals surface area contributed by atoms with E-state index in [2.05, 4.69) is 0 Å². The second-order valence-corrected chi connectivity index (χ2v) is 3.05. The number of hydrogen-bond acceptors (Lipinski definition) is 1. The maximum atomic E-state index is 10.7. The lowest BCUT2D eigenvalue weighted by Gasteiger charge is -2.07. The van der Waals surface area contributed by atoms with E-state index in [-0.39, 0.29) is 5.92 Å². The minimum absolute atomic E-state index is 0.261. The van der Waals surface area contributed by atoms with Crippen LogP contribution in [0, 0.1) is 0 Å². The minimum Gasteiger partial charge on any atom is -0.478 e. The first-order valence-electron chi connectivity index (χ1n) is 4.33. The van der Waals surface area contributed by atoms with Crippen molar-refractivity contribution in [3.63, 3.8) is 0 Å². The molecule has 0 aliphatic heterocycles. The van der Waals surface area contributed by atoms with E-state index in [1.807, 2.05) is 26.0 Å². The summed E-state index contributed by atoms with van der Waals surface area (Å²) in [4.78, 5) is 10.7.